The van der Waals surface area contributed by atoms with Crippen molar-refractivity contribution in [1.29, 1.82) is 0 Å². The van der Waals surface area contributed by atoms with Crippen LogP contribution in [0.25, 0.3) is 11.4 Å². The van der Waals surface area contributed by atoms with E-state index in [1.807, 2.05) is 31.2 Å². The largest absolute Gasteiger partial charge is 0.319 e. The first kappa shape index (κ1) is 18.6. The molecule has 3 rings (SSSR count). The van der Waals surface area contributed by atoms with Crippen LogP contribution in [0.4, 0.5) is 11.4 Å². The molecule has 2 N–H and O–H groups in total. The third-order valence-corrected chi connectivity index (χ3v) is 4.76. The number of aromatic amines is 1. The van der Waals surface area contributed by atoms with Crippen molar-refractivity contribution in [2.45, 2.75) is 24.3 Å². The Kier molecular flexibility index (Phi) is 5.51. The number of anilines is 1. The van der Waals surface area contributed by atoms with E-state index in [1.165, 1.54) is 23.9 Å². The quantitative estimate of drug-likeness (QED) is 0.380. The Bertz CT molecular complexity index is 971. The second-order valence-corrected chi connectivity index (χ2v) is 7.16. The van der Waals surface area contributed by atoms with Crippen LogP contribution < -0.4 is 5.32 Å². The SMILES string of the molecule is Cc1ccc(-c2nc(SC(C)C(=O)Nc3ccccc3[N+](=O)[O-])n[nH]2)cc1. The molecule has 0 aliphatic carbocycles. The van der Waals surface area contributed by atoms with Gasteiger partial charge in [0, 0.05) is 11.6 Å². The van der Waals surface area contributed by atoms with Crippen molar-refractivity contribution in [2.75, 3.05) is 5.32 Å². The minimum absolute atomic E-state index is 0.150. The van der Waals surface area contributed by atoms with Gasteiger partial charge in [0.25, 0.3) is 5.69 Å². The van der Waals surface area contributed by atoms with Crippen LogP contribution in [0.15, 0.2) is 53.7 Å². The Morgan fingerprint density at radius 3 is 2.63 bits per heavy atom. The number of nitrogens with zero attached hydrogens (tertiary/aromatic N) is 3. The summed E-state index contributed by atoms with van der Waals surface area (Å²) in [4.78, 5) is 27.3. The number of thioether (sulfide) groups is 1. The lowest BCUT2D eigenvalue weighted by molar-refractivity contribution is -0.383. The highest BCUT2D eigenvalue weighted by molar-refractivity contribution is 8.00. The zero-order chi connectivity index (χ0) is 19.4. The van der Waals surface area contributed by atoms with Gasteiger partial charge in [-0.25, -0.2) is 4.98 Å². The van der Waals surface area contributed by atoms with E-state index in [0.29, 0.717) is 11.0 Å². The monoisotopic (exact) mass is 383 g/mol. The molecule has 1 heterocycles. The van der Waals surface area contributed by atoms with Crippen molar-refractivity contribution in [3.8, 4) is 11.4 Å². The van der Waals surface area contributed by atoms with Gasteiger partial charge in [0.15, 0.2) is 5.82 Å². The van der Waals surface area contributed by atoms with Crippen molar-refractivity contribution in [2.24, 2.45) is 0 Å². The highest BCUT2D eigenvalue weighted by Crippen LogP contribution is 2.26. The predicted octanol–water partition coefficient (Wildman–Crippen LogP) is 3.81. The maximum absolute atomic E-state index is 12.4. The van der Waals surface area contributed by atoms with Crippen LogP contribution in [-0.2, 0) is 4.79 Å². The molecule has 0 radical (unpaired) electrons. The molecule has 0 fully saturated rings. The number of rotatable bonds is 6. The van der Waals surface area contributed by atoms with Crippen LogP contribution >= 0.6 is 11.8 Å². The number of benzene rings is 2. The van der Waals surface area contributed by atoms with Gasteiger partial charge in [0.1, 0.15) is 5.69 Å². The van der Waals surface area contributed by atoms with E-state index in [-0.39, 0.29) is 17.3 Å². The maximum atomic E-state index is 12.4. The van der Waals surface area contributed by atoms with E-state index in [9.17, 15) is 14.9 Å². The summed E-state index contributed by atoms with van der Waals surface area (Å²) in [7, 11) is 0. The summed E-state index contributed by atoms with van der Waals surface area (Å²) < 4.78 is 0. The van der Waals surface area contributed by atoms with Gasteiger partial charge >= 0.3 is 0 Å². The van der Waals surface area contributed by atoms with Crippen LogP contribution in [0.5, 0.6) is 0 Å². The molecule has 1 amide bonds. The molecule has 9 heteroatoms. The molecule has 2 aromatic carbocycles. The Labute approximate surface area is 159 Å². The topological polar surface area (TPSA) is 114 Å². The van der Waals surface area contributed by atoms with Crippen molar-refractivity contribution < 1.29 is 9.72 Å². The molecular weight excluding hydrogens is 366 g/mol. The molecule has 1 unspecified atom stereocenters. The Hall–Kier alpha value is -3.20. The lowest BCUT2D eigenvalue weighted by Crippen LogP contribution is -2.23. The van der Waals surface area contributed by atoms with E-state index >= 15 is 0 Å². The Balaban J connectivity index is 1.67. The second kappa shape index (κ2) is 8.00. The number of amides is 1. The molecule has 27 heavy (non-hydrogen) atoms. The summed E-state index contributed by atoms with van der Waals surface area (Å²) in [6.07, 6.45) is 0. The number of carbonyl (C=O) groups excluding carboxylic acids is 1. The van der Waals surface area contributed by atoms with Crippen LogP contribution in [0, 0.1) is 17.0 Å². The standard InChI is InChI=1S/C18H17N5O3S/c1-11-7-9-13(10-8-11)16-20-18(22-21-16)27-12(2)17(24)19-14-5-3-4-6-15(14)23(25)26/h3-10,12H,1-2H3,(H,19,24)(H,20,21,22). The average molecular weight is 383 g/mol. The number of carbonyl (C=O) groups is 1. The number of para-hydroxylation sites is 2. The fraction of sp³-hybridized carbons (Fsp3) is 0.167. The number of nitro benzene ring substituents is 1. The highest BCUT2D eigenvalue weighted by atomic mass is 32.2. The molecule has 3 aromatic rings. The number of aromatic nitrogens is 3. The highest BCUT2D eigenvalue weighted by Gasteiger charge is 2.21. The first-order valence-corrected chi connectivity index (χ1v) is 9.02. The van der Waals surface area contributed by atoms with E-state index in [1.54, 1.807) is 19.1 Å². The second-order valence-electron chi connectivity index (χ2n) is 5.86. The predicted molar refractivity (Wildman–Crippen MR) is 104 cm³/mol. The molecule has 0 saturated carbocycles. The van der Waals surface area contributed by atoms with E-state index in [4.69, 9.17) is 0 Å². The van der Waals surface area contributed by atoms with Crippen LogP contribution in [0.1, 0.15) is 12.5 Å². The number of hydrogen-bond acceptors (Lipinski definition) is 6. The first-order valence-electron chi connectivity index (χ1n) is 8.14. The number of H-pyrrole nitrogens is 1. The van der Waals surface area contributed by atoms with Gasteiger partial charge in [0.05, 0.1) is 10.2 Å². The molecular formula is C18H17N5O3S. The molecule has 1 aromatic heterocycles. The van der Waals surface area contributed by atoms with Gasteiger partial charge in [-0.05, 0) is 19.9 Å². The van der Waals surface area contributed by atoms with Crippen molar-refractivity contribution in [3.05, 3.63) is 64.2 Å². The van der Waals surface area contributed by atoms with E-state index in [2.05, 4.69) is 20.5 Å². The lowest BCUT2D eigenvalue weighted by Gasteiger charge is -2.10. The van der Waals surface area contributed by atoms with Gasteiger partial charge in [0.2, 0.25) is 11.1 Å². The van der Waals surface area contributed by atoms with Crippen LogP contribution in [-0.4, -0.2) is 31.3 Å². The fourth-order valence-electron chi connectivity index (χ4n) is 2.32. The Morgan fingerprint density at radius 2 is 1.93 bits per heavy atom. The molecule has 1 atom stereocenters. The number of hydrogen-bond donors (Lipinski definition) is 2. The van der Waals surface area contributed by atoms with Gasteiger partial charge in [-0.3, -0.25) is 20.0 Å². The lowest BCUT2D eigenvalue weighted by atomic mass is 10.1. The molecule has 0 saturated heterocycles. The molecule has 0 aliphatic rings. The molecule has 138 valence electrons. The summed E-state index contributed by atoms with van der Waals surface area (Å²) in [6.45, 7) is 3.69. The summed E-state index contributed by atoms with van der Waals surface area (Å²) in [5.74, 6) is 0.250. The van der Waals surface area contributed by atoms with E-state index in [0.717, 1.165) is 11.1 Å². The first-order chi connectivity index (χ1) is 12.9. The number of aryl methyl sites for hydroxylation is 1. The zero-order valence-corrected chi connectivity index (χ0v) is 15.5. The number of nitro groups is 1. The van der Waals surface area contributed by atoms with Crippen molar-refractivity contribution in [3.63, 3.8) is 0 Å². The fourth-order valence-corrected chi connectivity index (χ4v) is 3.05. The smallest absolute Gasteiger partial charge is 0.292 e. The third kappa shape index (κ3) is 4.50. The van der Waals surface area contributed by atoms with Crippen LogP contribution in [0.2, 0.25) is 0 Å². The summed E-state index contributed by atoms with van der Waals surface area (Å²) in [5, 5.41) is 20.5. The molecule has 0 spiro atoms. The van der Waals surface area contributed by atoms with E-state index < -0.39 is 10.2 Å². The maximum Gasteiger partial charge on any atom is 0.292 e. The minimum Gasteiger partial charge on any atom is -0.319 e. The third-order valence-electron chi connectivity index (χ3n) is 3.80. The van der Waals surface area contributed by atoms with Gasteiger partial charge in [-0.15, -0.1) is 5.10 Å². The Morgan fingerprint density at radius 1 is 1.22 bits per heavy atom. The molecule has 8 nitrogen and oxygen atoms in total. The summed E-state index contributed by atoms with van der Waals surface area (Å²) in [6, 6.07) is 13.9. The zero-order valence-electron chi connectivity index (χ0n) is 14.7. The van der Waals surface area contributed by atoms with Crippen molar-refractivity contribution >= 4 is 29.0 Å². The number of nitrogens with one attached hydrogen (secondary N) is 2. The van der Waals surface area contributed by atoms with Gasteiger partial charge < -0.3 is 5.32 Å². The van der Waals surface area contributed by atoms with Gasteiger partial charge in [-0.1, -0.05) is 53.7 Å². The average Bonchev–Trinajstić information content (AvgIpc) is 3.11. The van der Waals surface area contributed by atoms with Crippen molar-refractivity contribution in [1.82, 2.24) is 15.2 Å². The summed E-state index contributed by atoms with van der Waals surface area (Å²) in [5.41, 5.74) is 2.06. The molecule has 0 aliphatic heterocycles. The summed E-state index contributed by atoms with van der Waals surface area (Å²) >= 11 is 1.17. The minimum atomic E-state index is -0.536. The van der Waals surface area contributed by atoms with Gasteiger partial charge in [-0.2, -0.15) is 0 Å². The van der Waals surface area contributed by atoms with Crippen LogP contribution in [0.3, 0.4) is 0 Å². The molecule has 0 bridgehead atoms. The normalized spacial score (nSPS) is 11.8.